The summed E-state index contributed by atoms with van der Waals surface area (Å²) >= 11 is 0. The standard InChI is InChI=1S/C17H22NO.2ClH.Zr/c1-12(9-10-19)16-14-8-6-5-7-13(14)11-15(16)18-17(2,3)4;;;/h5-8,18-19H,9-10H2,1-4H3;2*1H;/q-1;;;+3/p-2. The molecule has 2 N–H and O–H groups in total. The molecule has 0 bridgehead atoms. The number of hydrogen-bond acceptors (Lipinski definition) is 2. The molecule has 0 saturated heterocycles. The molecule has 0 amide bonds. The van der Waals surface area contributed by atoms with Gasteiger partial charge in [0, 0.05) is 12.1 Å². The van der Waals surface area contributed by atoms with Crippen LogP contribution in [0.25, 0.3) is 5.57 Å². The molecule has 5 heteroatoms. The Morgan fingerprint density at radius 3 is 2.32 bits per heavy atom. The van der Waals surface area contributed by atoms with E-state index in [1.54, 1.807) is 0 Å². The molecule has 0 spiro atoms. The second-order valence-electron chi connectivity index (χ2n) is 6.05. The van der Waals surface area contributed by atoms with Crippen molar-refractivity contribution in [3.05, 3.63) is 52.7 Å². The first kappa shape index (κ1) is 24.2. The zero-order valence-electron chi connectivity index (χ0n) is 13.4. The van der Waals surface area contributed by atoms with E-state index in [-0.39, 0.29) is 63.2 Å². The van der Waals surface area contributed by atoms with E-state index >= 15 is 0 Å². The Hall–Kier alpha value is -0.0769. The van der Waals surface area contributed by atoms with Crippen LogP contribution >= 0.6 is 0 Å². The predicted molar refractivity (Wildman–Crippen MR) is 79.5 cm³/mol. The fourth-order valence-electron chi connectivity index (χ4n) is 2.35. The van der Waals surface area contributed by atoms with E-state index < -0.39 is 0 Å². The summed E-state index contributed by atoms with van der Waals surface area (Å²) in [6.07, 6.45) is 4.14. The molecule has 1 aromatic carbocycles. The van der Waals surface area contributed by atoms with Crippen LogP contribution < -0.4 is 30.1 Å². The molecule has 0 heterocycles. The summed E-state index contributed by atoms with van der Waals surface area (Å²) in [7, 11) is 0. The zero-order valence-corrected chi connectivity index (χ0v) is 17.4. The summed E-state index contributed by atoms with van der Waals surface area (Å²) in [6.45, 7) is 8.69. The minimum Gasteiger partial charge on any atom is -1.00 e. The van der Waals surface area contributed by atoms with Crippen LogP contribution in [0.15, 0.2) is 35.5 Å². The number of rotatable bonds is 3. The third-order valence-electron chi connectivity index (χ3n) is 3.12. The Bertz CT molecular complexity index is 548. The molecule has 22 heavy (non-hydrogen) atoms. The van der Waals surface area contributed by atoms with Crippen molar-refractivity contribution in [2.75, 3.05) is 6.61 Å². The Balaban J connectivity index is 0. The fourth-order valence-corrected chi connectivity index (χ4v) is 2.35. The first-order valence-electron chi connectivity index (χ1n) is 6.75. The smallest absolute Gasteiger partial charge is 1.00 e. The van der Waals surface area contributed by atoms with Crippen LogP contribution in [0.2, 0.25) is 0 Å². The molecule has 2 nitrogen and oxygen atoms in total. The molecule has 1 aliphatic carbocycles. The molecule has 0 unspecified atom stereocenters. The number of fused-ring (bicyclic) bond motifs is 1. The summed E-state index contributed by atoms with van der Waals surface area (Å²) in [5.74, 6) is 0. The largest absolute Gasteiger partial charge is 3.00 e. The van der Waals surface area contributed by atoms with Crippen LogP contribution in [0.4, 0.5) is 0 Å². The molecule has 1 aliphatic rings. The van der Waals surface area contributed by atoms with Gasteiger partial charge < -0.3 is 35.2 Å². The molecule has 0 atom stereocenters. The van der Waals surface area contributed by atoms with Crippen LogP contribution in [0.5, 0.6) is 0 Å². The number of halogens is 2. The van der Waals surface area contributed by atoms with Gasteiger partial charge in [0.2, 0.25) is 0 Å². The van der Waals surface area contributed by atoms with Crippen molar-refractivity contribution in [2.45, 2.75) is 39.7 Å². The summed E-state index contributed by atoms with van der Waals surface area (Å²) in [4.78, 5) is 0. The summed E-state index contributed by atoms with van der Waals surface area (Å²) in [6, 6.07) is 8.28. The first-order chi connectivity index (χ1) is 8.92. The van der Waals surface area contributed by atoms with Crippen molar-refractivity contribution in [1.82, 2.24) is 5.32 Å². The average molecular weight is 418 g/mol. The number of nitrogens with one attached hydrogen (secondary N) is 1. The van der Waals surface area contributed by atoms with Gasteiger partial charge in [0.15, 0.2) is 0 Å². The van der Waals surface area contributed by atoms with E-state index in [0.29, 0.717) is 6.42 Å². The van der Waals surface area contributed by atoms with Gasteiger partial charge in [-0.1, -0.05) is 18.7 Å². The van der Waals surface area contributed by atoms with Crippen molar-refractivity contribution in [3.63, 3.8) is 0 Å². The summed E-state index contributed by atoms with van der Waals surface area (Å²) in [5.41, 5.74) is 5.77. The van der Waals surface area contributed by atoms with Crippen molar-refractivity contribution in [3.8, 4) is 0 Å². The molecule has 0 saturated carbocycles. The van der Waals surface area contributed by atoms with Crippen LogP contribution in [-0.2, 0) is 26.2 Å². The molecular formula is C17H22Cl2NOZr. The SMILES string of the molecule is CC(CCO)=C1C(NC(C)(C)C)=[C-]c2ccccc21.[Cl-].[Cl-].[Zr+3]. The second-order valence-corrected chi connectivity index (χ2v) is 6.05. The van der Waals surface area contributed by atoms with E-state index in [4.69, 9.17) is 0 Å². The molecule has 119 valence electrons. The molecule has 2 rings (SSSR count). The topological polar surface area (TPSA) is 32.3 Å². The summed E-state index contributed by atoms with van der Waals surface area (Å²) < 4.78 is 0. The Morgan fingerprint density at radius 1 is 1.18 bits per heavy atom. The van der Waals surface area contributed by atoms with Gasteiger partial charge in [0.05, 0.1) is 0 Å². The van der Waals surface area contributed by atoms with Gasteiger partial charge in [0.1, 0.15) is 0 Å². The first-order valence-corrected chi connectivity index (χ1v) is 6.75. The molecule has 0 fully saturated rings. The zero-order chi connectivity index (χ0) is 14.0. The fraction of sp³-hybridized carbons (Fsp3) is 0.412. The van der Waals surface area contributed by atoms with Gasteiger partial charge in [-0.15, -0.1) is 46.5 Å². The van der Waals surface area contributed by atoms with Crippen LogP contribution in [0.1, 0.15) is 45.2 Å². The van der Waals surface area contributed by atoms with Crippen molar-refractivity contribution >= 4 is 5.57 Å². The van der Waals surface area contributed by atoms with Crippen molar-refractivity contribution in [2.24, 2.45) is 0 Å². The van der Waals surface area contributed by atoms with Gasteiger partial charge in [-0.3, -0.25) is 0 Å². The number of aliphatic hydroxyl groups excluding tert-OH is 1. The Kier molecular flexibility index (Phi) is 10.9. The summed E-state index contributed by atoms with van der Waals surface area (Å²) in [5, 5.41) is 12.7. The number of aliphatic hydroxyl groups is 1. The monoisotopic (exact) mass is 416 g/mol. The maximum Gasteiger partial charge on any atom is 3.00 e. The average Bonchev–Trinajstić information content (AvgIpc) is 2.64. The molecule has 0 aromatic heterocycles. The van der Waals surface area contributed by atoms with E-state index in [2.05, 4.69) is 51.2 Å². The Labute approximate surface area is 165 Å². The van der Waals surface area contributed by atoms with E-state index in [1.807, 2.05) is 12.1 Å². The molecule has 1 aromatic rings. The minimum absolute atomic E-state index is 0. The van der Waals surface area contributed by atoms with Gasteiger partial charge >= 0.3 is 26.2 Å². The van der Waals surface area contributed by atoms with Crippen LogP contribution in [0, 0.1) is 6.08 Å². The van der Waals surface area contributed by atoms with Crippen LogP contribution in [0.3, 0.4) is 0 Å². The third kappa shape index (κ3) is 5.85. The van der Waals surface area contributed by atoms with E-state index in [0.717, 1.165) is 11.3 Å². The molecule has 1 radical (unpaired) electrons. The van der Waals surface area contributed by atoms with Gasteiger partial charge in [-0.25, -0.2) is 0 Å². The number of hydrogen-bond donors (Lipinski definition) is 2. The number of benzene rings is 1. The van der Waals surface area contributed by atoms with Crippen molar-refractivity contribution < 1.29 is 56.1 Å². The minimum atomic E-state index is -0.00484. The number of allylic oxidation sites excluding steroid dienone is 1. The Morgan fingerprint density at radius 2 is 1.77 bits per heavy atom. The second kappa shape index (κ2) is 9.93. The maximum atomic E-state index is 9.18. The third-order valence-corrected chi connectivity index (χ3v) is 3.12. The molecular weight excluding hydrogens is 396 g/mol. The van der Waals surface area contributed by atoms with Gasteiger partial charge in [0.25, 0.3) is 0 Å². The van der Waals surface area contributed by atoms with Crippen LogP contribution in [-0.4, -0.2) is 17.3 Å². The normalized spacial score (nSPS) is 14.7. The van der Waals surface area contributed by atoms with Gasteiger partial charge in [-0.2, -0.15) is 0 Å². The molecule has 0 aliphatic heterocycles. The predicted octanol–water partition coefficient (Wildman–Crippen LogP) is -2.72. The maximum absolute atomic E-state index is 9.18. The quantitative estimate of drug-likeness (QED) is 0.524. The van der Waals surface area contributed by atoms with Gasteiger partial charge in [-0.05, 0) is 27.2 Å². The van der Waals surface area contributed by atoms with E-state index in [1.165, 1.54) is 16.7 Å². The van der Waals surface area contributed by atoms with E-state index in [9.17, 15) is 5.11 Å². The van der Waals surface area contributed by atoms with Crippen molar-refractivity contribution in [1.29, 1.82) is 0 Å².